The van der Waals surface area contributed by atoms with E-state index < -0.39 is 11.9 Å². The molecule has 0 rings (SSSR count). The molecule has 0 unspecified atom stereocenters. The van der Waals surface area contributed by atoms with E-state index in [0.29, 0.717) is 0 Å². The standard InChI is InChI=1S/2C4H9.2C2H4O2.2Sn/c2*1-3-4-2;2*1-2(3)4;;/h2*1,3-4H2,2H3;2*1H3,(H,3,4);;/q;;;;+2;+4/p-2. The molecule has 0 atom stereocenters. The third-order valence-corrected chi connectivity index (χ3v) is 5.45. The molecule has 100 valence electrons. The number of carboxylic acid groups (broad SMARTS) is 2. The van der Waals surface area contributed by atoms with Gasteiger partial charge in [-0.15, -0.1) is 0 Å². The summed E-state index contributed by atoms with van der Waals surface area (Å²) in [5.74, 6) is -2.17. The van der Waals surface area contributed by atoms with Crippen molar-refractivity contribution < 1.29 is 19.8 Å². The number of carbonyl (C=O) groups is 2. The van der Waals surface area contributed by atoms with Gasteiger partial charge in [0, 0.05) is 11.9 Å². The van der Waals surface area contributed by atoms with E-state index in [1.165, 1.54) is 25.7 Å². The third kappa shape index (κ3) is 93.4. The van der Waals surface area contributed by atoms with Crippen LogP contribution in [0.3, 0.4) is 0 Å². The Bertz CT molecular complexity index is 149. The van der Waals surface area contributed by atoms with Crippen LogP contribution in [0.5, 0.6) is 0 Å². The summed E-state index contributed by atoms with van der Waals surface area (Å²) in [6.45, 7) is 6.53. The molecule has 18 heavy (non-hydrogen) atoms. The number of hydrogen-bond acceptors (Lipinski definition) is 4. The Balaban J connectivity index is -0.0000000922. The Kier molecular flexibility index (Phi) is 39.2. The molecule has 0 saturated heterocycles. The molecule has 0 saturated carbocycles. The Morgan fingerprint density at radius 1 is 0.889 bits per heavy atom. The number of carboxylic acids is 2. The summed E-state index contributed by atoms with van der Waals surface area (Å²) in [5.41, 5.74) is 0. The average molecular weight is 470 g/mol. The summed E-state index contributed by atoms with van der Waals surface area (Å²) in [6.07, 6.45) is 5.84. The van der Waals surface area contributed by atoms with E-state index in [2.05, 4.69) is 13.8 Å². The van der Waals surface area contributed by atoms with E-state index in [0.717, 1.165) is 13.8 Å². The van der Waals surface area contributed by atoms with Crippen molar-refractivity contribution in [2.24, 2.45) is 0 Å². The molecular formula is C12H24O4Sn2+4. The van der Waals surface area contributed by atoms with Gasteiger partial charge in [0.15, 0.2) is 0 Å². The molecular weight excluding hydrogens is 446 g/mol. The van der Waals surface area contributed by atoms with Crippen LogP contribution in [0.4, 0.5) is 0 Å². The Morgan fingerprint density at radius 2 is 1.11 bits per heavy atom. The molecule has 4 nitrogen and oxygen atoms in total. The summed E-state index contributed by atoms with van der Waals surface area (Å²) in [5, 5.41) is 17.8. The molecule has 0 N–H and O–H groups in total. The number of carbonyl (C=O) groups excluding carboxylic acids is 2. The number of hydrogen-bond donors (Lipinski definition) is 0. The second kappa shape index (κ2) is 26.2. The van der Waals surface area contributed by atoms with Crippen LogP contribution < -0.4 is 10.2 Å². The van der Waals surface area contributed by atoms with Gasteiger partial charge >= 0.3 is 93.5 Å². The maximum absolute atomic E-state index is 8.89. The van der Waals surface area contributed by atoms with E-state index in [-0.39, 0.29) is 45.0 Å². The Hall–Kier alpha value is 0.537. The largest absolute Gasteiger partial charge is 4.00 e. The van der Waals surface area contributed by atoms with Crippen LogP contribution in [0.15, 0.2) is 0 Å². The fourth-order valence-electron chi connectivity index (χ4n) is 0.729. The molecule has 0 heterocycles. The molecule has 0 aliphatic heterocycles. The molecule has 0 aromatic rings. The van der Waals surface area contributed by atoms with Gasteiger partial charge < -0.3 is 19.8 Å². The van der Waals surface area contributed by atoms with Crippen molar-refractivity contribution in [1.29, 1.82) is 0 Å². The molecule has 6 heteroatoms. The molecule has 0 aromatic heterocycles. The first kappa shape index (κ1) is 27.0. The first-order valence-corrected chi connectivity index (χ1v) is 9.97. The molecule has 0 aliphatic carbocycles. The number of rotatable bonds is 6. The second-order valence-electron chi connectivity index (χ2n) is 3.44. The van der Waals surface area contributed by atoms with E-state index >= 15 is 0 Å². The van der Waals surface area contributed by atoms with Crippen LogP contribution in [0.1, 0.15) is 53.4 Å². The summed E-state index contributed by atoms with van der Waals surface area (Å²) in [4.78, 5) is 17.8. The minimum Gasteiger partial charge on any atom is 4.00 e. The maximum Gasteiger partial charge on any atom is 4.00 e. The zero-order chi connectivity index (χ0) is 14.1. The minimum atomic E-state index is -1.08. The number of aliphatic carboxylic acids is 2. The zero-order valence-corrected chi connectivity index (χ0v) is 17.6. The molecule has 0 spiro atoms. The van der Waals surface area contributed by atoms with Crippen molar-refractivity contribution in [3.8, 4) is 0 Å². The summed E-state index contributed by atoms with van der Waals surface area (Å²) in [7, 11) is 0. The Morgan fingerprint density at radius 3 is 1.28 bits per heavy atom. The van der Waals surface area contributed by atoms with Crippen LogP contribution in [0, 0.1) is 0 Å². The van der Waals surface area contributed by atoms with E-state index in [1.54, 1.807) is 8.87 Å². The molecule has 0 bridgehead atoms. The number of unbranched alkanes of at least 4 members (excludes halogenated alkanes) is 2. The van der Waals surface area contributed by atoms with Crippen LogP contribution in [0.25, 0.3) is 0 Å². The van der Waals surface area contributed by atoms with Gasteiger partial charge in [0.05, 0.1) is 0 Å². The van der Waals surface area contributed by atoms with E-state index in [9.17, 15) is 0 Å². The van der Waals surface area contributed by atoms with Gasteiger partial charge in [-0.2, -0.15) is 0 Å². The van der Waals surface area contributed by atoms with Gasteiger partial charge in [0.2, 0.25) is 0 Å². The van der Waals surface area contributed by atoms with Crippen LogP contribution in [0.2, 0.25) is 8.87 Å². The summed E-state index contributed by atoms with van der Waals surface area (Å²) < 4.78 is 3.25. The van der Waals surface area contributed by atoms with Gasteiger partial charge in [-0.1, -0.05) is 0 Å². The van der Waals surface area contributed by atoms with Crippen LogP contribution >= 0.6 is 0 Å². The van der Waals surface area contributed by atoms with Crippen molar-refractivity contribution in [3.63, 3.8) is 0 Å². The quantitative estimate of drug-likeness (QED) is 0.413. The van der Waals surface area contributed by atoms with Gasteiger partial charge in [-0.25, -0.2) is 0 Å². The van der Waals surface area contributed by atoms with Gasteiger partial charge in [-0.3, -0.25) is 0 Å². The first-order valence-electron chi connectivity index (χ1n) is 5.94. The fourth-order valence-corrected chi connectivity index (χ4v) is 4.89. The zero-order valence-electron chi connectivity index (χ0n) is 11.9. The van der Waals surface area contributed by atoms with Crippen molar-refractivity contribution >= 4 is 57.0 Å². The molecule has 0 aromatic carbocycles. The van der Waals surface area contributed by atoms with Gasteiger partial charge in [0.1, 0.15) is 0 Å². The van der Waals surface area contributed by atoms with Gasteiger partial charge in [-0.05, 0) is 13.8 Å². The van der Waals surface area contributed by atoms with Crippen LogP contribution in [-0.4, -0.2) is 57.0 Å². The molecule has 0 radical (unpaired) electrons. The first-order chi connectivity index (χ1) is 7.88. The van der Waals surface area contributed by atoms with Crippen molar-refractivity contribution in [2.45, 2.75) is 62.3 Å². The molecule has 0 aliphatic rings. The predicted octanol–water partition coefficient (Wildman–Crippen LogP) is 0.259. The summed E-state index contributed by atoms with van der Waals surface area (Å²) in [6, 6.07) is 0. The predicted molar refractivity (Wildman–Crippen MR) is 72.3 cm³/mol. The maximum atomic E-state index is 8.89. The van der Waals surface area contributed by atoms with Gasteiger partial charge in [0.25, 0.3) is 0 Å². The third-order valence-electron chi connectivity index (χ3n) is 1.41. The van der Waals surface area contributed by atoms with Crippen molar-refractivity contribution in [3.05, 3.63) is 0 Å². The van der Waals surface area contributed by atoms with E-state index in [1.807, 2.05) is 0 Å². The SMILES string of the molecule is CC(=O)[O-].CC(=O)[O-].CCC[CH2][Sn+2][CH2]CCC.[Sn+4]. The van der Waals surface area contributed by atoms with Crippen molar-refractivity contribution in [2.75, 3.05) is 0 Å². The molecule has 0 amide bonds. The second-order valence-corrected chi connectivity index (χ2v) is 7.72. The smallest absolute Gasteiger partial charge is 4.00 e. The Labute approximate surface area is 138 Å². The topological polar surface area (TPSA) is 80.3 Å². The molecule has 0 fully saturated rings. The monoisotopic (exact) mass is 472 g/mol. The minimum absolute atomic E-state index is 0. The fraction of sp³-hybridized carbons (Fsp3) is 0.833. The van der Waals surface area contributed by atoms with Crippen LogP contribution in [-0.2, 0) is 9.59 Å². The van der Waals surface area contributed by atoms with Crippen molar-refractivity contribution in [1.82, 2.24) is 0 Å². The summed E-state index contributed by atoms with van der Waals surface area (Å²) >= 11 is 0.149. The average Bonchev–Trinajstić information content (AvgIpc) is 2.16. The van der Waals surface area contributed by atoms with E-state index in [4.69, 9.17) is 19.8 Å². The normalized spacial score (nSPS) is 7.33.